The lowest BCUT2D eigenvalue weighted by Gasteiger charge is -2.39. The zero-order valence-corrected chi connectivity index (χ0v) is 17.9. The maximum absolute atomic E-state index is 12.2. The third-order valence-electron chi connectivity index (χ3n) is 5.03. The van der Waals surface area contributed by atoms with E-state index in [0.717, 1.165) is 38.6 Å². The summed E-state index contributed by atoms with van der Waals surface area (Å²) in [6.07, 6.45) is 0.952. The summed E-state index contributed by atoms with van der Waals surface area (Å²) in [5, 5.41) is 3.32. The van der Waals surface area contributed by atoms with Crippen LogP contribution in [-0.2, 0) is 9.84 Å². The monoisotopic (exact) mass is 394 g/mol. The van der Waals surface area contributed by atoms with Gasteiger partial charge in [0.15, 0.2) is 15.8 Å². The normalized spacial score (nSPS) is 19.0. The van der Waals surface area contributed by atoms with Gasteiger partial charge < -0.3 is 15.1 Å². The highest BCUT2D eigenvalue weighted by Crippen LogP contribution is 2.23. The second-order valence-corrected chi connectivity index (χ2v) is 10.2. The van der Waals surface area contributed by atoms with Gasteiger partial charge in [0.05, 0.1) is 10.5 Å². The van der Waals surface area contributed by atoms with Gasteiger partial charge in [-0.2, -0.15) is 0 Å². The number of anilines is 1. The van der Waals surface area contributed by atoms with E-state index in [1.54, 1.807) is 13.8 Å². The molecule has 0 saturated carbocycles. The zero-order valence-electron chi connectivity index (χ0n) is 17.1. The highest BCUT2D eigenvalue weighted by atomic mass is 32.2. The number of sulfone groups is 1. The van der Waals surface area contributed by atoms with Gasteiger partial charge in [-0.3, -0.25) is 4.99 Å². The van der Waals surface area contributed by atoms with Crippen LogP contribution in [0.5, 0.6) is 0 Å². The van der Waals surface area contributed by atoms with Crippen molar-refractivity contribution in [1.29, 1.82) is 0 Å². The molecule has 1 aromatic carbocycles. The zero-order chi connectivity index (χ0) is 19.9. The summed E-state index contributed by atoms with van der Waals surface area (Å²) in [4.78, 5) is 9.19. The first kappa shape index (κ1) is 21.5. The average molecular weight is 395 g/mol. The first-order chi connectivity index (χ1) is 12.8. The van der Waals surface area contributed by atoms with Crippen molar-refractivity contribution in [3.05, 3.63) is 30.3 Å². The van der Waals surface area contributed by atoms with Crippen molar-refractivity contribution in [1.82, 2.24) is 10.2 Å². The van der Waals surface area contributed by atoms with E-state index in [9.17, 15) is 8.42 Å². The number of hydrogen-bond acceptors (Lipinski definition) is 4. The third-order valence-corrected chi connectivity index (χ3v) is 7.56. The van der Waals surface area contributed by atoms with Crippen LogP contribution in [0.15, 0.2) is 35.3 Å². The fraction of sp³-hybridized carbons (Fsp3) is 0.650. The molecule has 1 saturated heterocycles. The molecule has 1 heterocycles. The van der Waals surface area contributed by atoms with Gasteiger partial charge >= 0.3 is 0 Å². The van der Waals surface area contributed by atoms with Crippen molar-refractivity contribution in [3.8, 4) is 0 Å². The van der Waals surface area contributed by atoms with E-state index in [-0.39, 0.29) is 5.75 Å². The maximum atomic E-state index is 12.2. The molecule has 1 aromatic rings. The second-order valence-electron chi connectivity index (χ2n) is 7.50. The summed E-state index contributed by atoms with van der Waals surface area (Å²) in [6.45, 7) is 12.2. The van der Waals surface area contributed by atoms with Crippen molar-refractivity contribution in [2.75, 3.05) is 49.9 Å². The van der Waals surface area contributed by atoms with Crippen LogP contribution in [-0.4, -0.2) is 69.0 Å². The molecular formula is C20H34N4O2S. The summed E-state index contributed by atoms with van der Waals surface area (Å²) in [6, 6.07) is 10.4. The van der Waals surface area contributed by atoms with Crippen molar-refractivity contribution < 1.29 is 8.42 Å². The minimum atomic E-state index is -3.04. The molecule has 0 amide bonds. The number of guanidine groups is 1. The van der Waals surface area contributed by atoms with E-state index in [2.05, 4.69) is 46.3 Å². The highest BCUT2D eigenvalue weighted by Gasteiger charge is 2.40. The molecule has 0 aliphatic carbocycles. The number of nitrogens with one attached hydrogen (secondary N) is 1. The Labute approximate surface area is 164 Å². The summed E-state index contributed by atoms with van der Waals surface area (Å²) in [5.41, 5.74) is 1.24. The number of nitrogens with zero attached hydrogens (tertiary/aromatic N) is 3. The number of hydrogen-bond donors (Lipinski definition) is 1. The maximum Gasteiger partial charge on any atom is 0.193 e. The molecule has 1 aliphatic heterocycles. The van der Waals surface area contributed by atoms with Crippen LogP contribution in [0.4, 0.5) is 5.69 Å². The van der Waals surface area contributed by atoms with Gasteiger partial charge in [-0.15, -0.1) is 0 Å². The summed E-state index contributed by atoms with van der Waals surface area (Å²) >= 11 is 0. The Kier molecular flexibility index (Phi) is 7.53. The molecule has 0 aromatic heterocycles. The SMILES string of the molecule is CCNC(=NCCCN(CC)c1ccccc1)N1CCS(=O)(=O)C(C)(C)C1. The molecule has 7 heteroatoms. The van der Waals surface area contributed by atoms with E-state index >= 15 is 0 Å². The molecule has 1 N–H and O–H groups in total. The van der Waals surface area contributed by atoms with E-state index in [1.807, 2.05) is 13.0 Å². The van der Waals surface area contributed by atoms with E-state index in [1.165, 1.54) is 5.69 Å². The largest absolute Gasteiger partial charge is 0.372 e. The molecular weight excluding hydrogens is 360 g/mol. The van der Waals surface area contributed by atoms with E-state index < -0.39 is 14.6 Å². The molecule has 0 unspecified atom stereocenters. The summed E-state index contributed by atoms with van der Waals surface area (Å²) < 4.78 is 23.7. The van der Waals surface area contributed by atoms with Gasteiger partial charge in [-0.25, -0.2) is 8.42 Å². The lowest BCUT2D eigenvalue weighted by atomic mass is 10.2. The predicted molar refractivity (Wildman–Crippen MR) is 114 cm³/mol. The van der Waals surface area contributed by atoms with Crippen molar-refractivity contribution in [3.63, 3.8) is 0 Å². The van der Waals surface area contributed by atoms with Crippen LogP contribution in [0.25, 0.3) is 0 Å². The molecule has 1 aliphatic rings. The van der Waals surface area contributed by atoms with Crippen LogP contribution >= 0.6 is 0 Å². The average Bonchev–Trinajstić information content (AvgIpc) is 2.64. The predicted octanol–water partition coefficient (Wildman–Crippen LogP) is 2.38. The Morgan fingerprint density at radius 3 is 2.56 bits per heavy atom. The Hall–Kier alpha value is -1.76. The molecule has 0 radical (unpaired) electrons. The number of para-hydroxylation sites is 1. The highest BCUT2D eigenvalue weighted by molar-refractivity contribution is 7.92. The molecule has 0 spiro atoms. The van der Waals surface area contributed by atoms with Gasteiger partial charge in [-0.05, 0) is 46.2 Å². The summed E-state index contributed by atoms with van der Waals surface area (Å²) in [5.74, 6) is 1.01. The first-order valence-corrected chi connectivity index (χ1v) is 11.5. The topological polar surface area (TPSA) is 65.0 Å². The van der Waals surface area contributed by atoms with Gasteiger partial charge in [0, 0.05) is 45.0 Å². The molecule has 27 heavy (non-hydrogen) atoms. The molecule has 152 valence electrons. The Morgan fingerprint density at radius 2 is 1.96 bits per heavy atom. The number of rotatable bonds is 7. The molecule has 2 rings (SSSR count). The minimum absolute atomic E-state index is 0.183. The Balaban J connectivity index is 1.95. The van der Waals surface area contributed by atoms with Crippen LogP contribution < -0.4 is 10.2 Å². The Bertz CT molecular complexity index is 717. The molecule has 1 fully saturated rings. The van der Waals surface area contributed by atoms with E-state index in [0.29, 0.717) is 13.1 Å². The van der Waals surface area contributed by atoms with Crippen molar-refractivity contribution >= 4 is 21.5 Å². The van der Waals surface area contributed by atoms with Crippen LogP contribution in [0.1, 0.15) is 34.1 Å². The van der Waals surface area contributed by atoms with Crippen molar-refractivity contribution in [2.45, 2.75) is 38.9 Å². The smallest absolute Gasteiger partial charge is 0.193 e. The lowest BCUT2D eigenvalue weighted by Crippen LogP contribution is -2.57. The molecule has 6 nitrogen and oxygen atoms in total. The third kappa shape index (κ3) is 5.61. The standard InChI is InChI=1S/C20H34N4O2S/c1-5-21-19(24-15-16-27(25,26)20(3,4)17-24)22-13-10-14-23(6-2)18-11-8-7-9-12-18/h7-9,11-12H,5-6,10,13-17H2,1-4H3,(H,21,22). The number of aliphatic imine (C=N–C) groups is 1. The van der Waals surface area contributed by atoms with Crippen LogP contribution in [0.2, 0.25) is 0 Å². The molecule has 0 bridgehead atoms. The minimum Gasteiger partial charge on any atom is -0.372 e. The molecule has 0 atom stereocenters. The lowest BCUT2D eigenvalue weighted by molar-refractivity contribution is 0.353. The fourth-order valence-electron chi connectivity index (χ4n) is 3.31. The van der Waals surface area contributed by atoms with Crippen molar-refractivity contribution in [2.24, 2.45) is 4.99 Å². The second kappa shape index (κ2) is 9.44. The quantitative estimate of drug-likeness (QED) is 0.437. The summed E-state index contributed by atoms with van der Waals surface area (Å²) in [7, 11) is -3.04. The van der Waals surface area contributed by atoms with Gasteiger partial charge in [0.25, 0.3) is 0 Å². The van der Waals surface area contributed by atoms with Gasteiger partial charge in [-0.1, -0.05) is 18.2 Å². The van der Waals surface area contributed by atoms with Gasteiger partial charge in [0.2, 0.25) is 0 Å². The van der Waals surface area contributed by atoms with Gasteiger partial charge in [0.1, 0.15) is 0 Å². The number of benzene rings is 1. The van der Waals surface area contributed by atoms with Crippen LogP contribution in [0.3, 0.4) is 0 Å². The Morgan fingerprint density at radius 1 is 1.26 bits per heavy atom. The van der Waals surface area contributed by atoms with Crippen LogP contribution in [0, 0.1) is 0 Å². The first-order valence-electron chi connectivity index (χ1n) is 9.86. The fourth-order valence-corrected chi connectivity index (χ4v) is 4.67. The van der Waals surface area contributed by atoms with E-state index in [4.69, 9.17) is 4.99 Å².